The van der Waals surface area contributed by atoms with Gasteiger partial charge in [0.2, 0.25) is 0 Å². The molecule has 0 spiro atoms. The number of hydrogen-bond acceptors (Lipinski definition) is 3. The van der Waals surface area contributed by atoms with Crippen LogP contribution in [-0.2, 0) is 0 Å². The standard InChI is InChI=1S/C17H14N2O/c1-3-12-13-7-6-8-14(15-9-4-5-10-19-15)17(13)20-16(12)11-18-2/h3-11H,1H2,2H3. The first-order valence-corrected chi connectivity index (χ1v) is 6.36. The van der Waals surface area contributed by atoms with Crippen LogP contribution in [0.5, 0.6) is 0 Å². The Morgan fingerprint density at radius 2 is 2.10 bits per heavy atom. The Hall–Kier alpha value is -2.68. The maximum Gasteiger partial charge on any atom is 0.153 e. The number of furan rings is 1. The van der Waals surface area contributed by atoms with Crippen LogP contribution in [0.15, 0.2) is 58.6 Å². The Balaban J connectivity index is 2.33. The van der Waals surface area contributed by atoms with E-state index in [0.29, 0.717) is 0 Å². The summed E-state index contributed by atoms with van der Waals surface area (Å²) in [5, 5.41) is 1.03. The molecule has 0 unspecified atom stereocenters. The van der Waals surface area contributed by atoms with Crippen LogP contribution in [0.3, 0.4) is 0 Å². The van der Waals surface area contributed by atoms with Gasteiger partial charge in [0.15, 0.2) is 5.76 Å². The number of rotatable bonds is 3. The van der Waals surface area contributed by atoms with E-state index in [0.717, 1.165) is 33.6 Å². The summed E-state index contributed by atoms with van der Waals surface area (Å²) in [7, 11) is 1.72. The van der Waals surface area contributed by atoms with Crippen LogP contribution in [-0.4, -0.2) is 18.2 Å². The number of benzene rings is 1. The molecule has 98 valence electrons. The SMILES string of the molecule is C=Cc1c(C=NC)oc2c(-c3ccccn3)cccc12. The molecule has 0 N–H and O–H groups in total. The second-order valence-electron chi connectivity index (χ2n) is 4.37. The van der Waals surface area contributed by atoms with E-state index in [1.807, 2.05) is 36.4 Å². The number of nitrogens with zero attached hydrogens (tertiary/aromatic N) is 2. The Kier molecular flexibility index (Phi) is 3.17. The molecule has 3 aromatic rings. The van der Waals surface area contributed by atoms with Crippen molar-refractivity contribution in [1.29, 1.82) is 0 Å². The van der Waals surface area contributed by atoms with Gasteiger partial charge in [0.1, 0.15) is 5.58 Å². The molecule has 20 heavy (non-hydrogen) atoms. The number of fused-ring (bicyclic) bond motifs is 1. The lowest BCUT2D eigenvalue weighted by atomic mass is 10.1. The van der Waals surface area contributed by atoms with E-state index in [-0.39, 0.29) is 0 Å². The molecular formula is C17H14N2O. The first kappa shape index (κ1) is 12.4. The third-order valence-electron chi connectivity index (χ3n) is 3.17. The molecule has 0 saturated heterocycles. The van der Waals surface area contributed by atoms with Crippen LogP contribution in [0.4, 0.5) is 0 Å². The van der Waals surface area contributed by atoms with E-state index in [1.165, 1.54) is 0 Å². The molecule has 3 rings (SSSR count). The zero-order valence-corrected chi connectivity index (χ0v) is 11.2. The minimum Gasteiger partial charge on any atom is -0.454 e. The summed E-state index contributed by atoms with van der Waals surface area (Å²) in [5.74, 6) is 0.723. The quantitative estimate of drug-likeness (QED) is 0.664. The molecule has 0 amide bonds. The second kappa shape index (κ2) is 5.13. The lowest BCUT2D eigenvalue weighted by molar-refractivity contribution is 0.608. The van der Waals surface area contributed by atoms with Crippen molar-refractivity contribution < 1.29 is 4.42 Å². The summed E-state index contributed by atoms with van der Waals surface area (Å²) in [6.07, 6.45) is 5.28. The molecule has 2 aromatic heterocycles. The average Bonchev–Trinajstić information content (AvgIpc) is 2.85. The lowest BCUT2D eigenvalue weighted by Crippen LogP contribution is -1.82. The zero-order chi connectivity index (χ0) is 13.9. The molecule has 0 aliphatic rings. The lowest BCUT2D eigenvalue weighted by Gasteiger charge is -2.00. The van der Waals surface area contributed by atoms with E-state index in [9.17, 15) is 0 Å². The molecular weight excluding hydrogens is 248 g/mol. The fourth-order valence-corrected chi connectivity index (χ4v) is 2.30. The van der Waals surface area contributed by atoms with E-state index >= 15 is 0 Å². The van der Waals surface area contributed by atoms with Gasteiger partial charge in [-0.15, -0.1) is 0 Å². The van der Waals surface area contributed by atoms with Gasteiger partial charge in [0.05, 0.1) is 11.9 Å². The van der Waals surface area contributed by atoms with Gasteiger partial charge >= 0.3 is 0 Å². The second-order valence-corrected chi connectivity index (χ2v) is 4.37. The van der Waals surface area contributed by atoms with Crippen molar-refractivity contribution >= 4 is 23.3 Å². The molecule has 0 atom stereocenters. The topological polar surface area (TPSA) is 38.4 Å². The predicted octanol–water partition coefficient (Wildman–Crippen LogP) is 4.19. The Bertz CT molecular complexity index is 785. The smallest absolute Gasteiger partial charge is 0.153 e. The monoisotopic (exact) mass is 262 g/mol. The molecule has 1 aromatic carbocycles. The predicted molar refractivity (Wildman–Crippen MR) is 83.1 cm³/mol. The first-order valence-electron chi connectivity index (χ1n) is 6.36. The first-order chi connectivity index (χ1) is 9.85. The van der Waals surface area contributed by atoms with Crippen molar-refractivity contribution in [3.8, 4) is 11.3 Å². The number of aromatic nitrogens is 1. The Morgan fingerprint density at radius 3 is 2.80 bits per heavy atom. The molecule has 0 saturated carbocycles. The number of pyridine rings is 1. The van der Waals surface area contributed by atoms with Gasteiger partial charge in [0, 0.05) is 29.8 Å². The molecule has 0 aliphatic carbocycles. The number of para-hydroxylation sites is 1. The molecule has 3 heteroatoms. The maximum absolute atomic E-state index is 5.96. The third kappa shape index (κ3) is 1.93. The molecule has 0 aliphatic heterocycles. The Labute approximate surface area is 117 Å². The van der Waals surface area contributed by atoms with Crippen LogP contribution in [0.2, 0.25) is 0 Å². The van der Waals surface area contributed by atoms with Crippen LogP contribution in [0, 0.1) is 0 Å². The number of hydrogen-bond donors (Lipinski definition) is 0. The van der Waals surface area contributed by atoms with E-state index in [1.54, 1.807) is 25.5 Å². The molecule has 2 heterocycles. The minimum atomic E-state index is 0.723. The van der Waals surface area contributed by atoms with Crippen molar-refractivity contribution in [1.82, 2.24) is 4.98 Å². The highest BCUT2D eigenvalue weighted by molar-refractivity contribution is 6.01. The van der Waals surface area contributed by atoms with Crippen molar-refractivity contribution in [2.75, 3.05) is 7.05 Å². The van der Waals surface area contributed by atoms with Gasteiger partial charge in [0.25, 0.3) is 0 Å². The molecule has 0 fully saturated rings. The number of aliphatic imine (C=N–C) groups is 1. The highest BCUT2D eigenvalue weighted by Gasteiger charge is 2.14. The van der Waals surface area contributed by atoms with Crippen molar-refractivity contribution in [3.05, 3.63) is 60.5 Å². The van der Waals surface area contributed by atoms with Gasteiger partial charge in [-0.05, 0) is 18.2 Å². The van der Waals surface area contributed by atoms with E-state index < -0.39 is 0 Å². The van der Waals surface area contributed by atoms with Gasteiger partial charge in [-0.3, -0.25) is 9.98 Å². The van der Waals surface area contributed by atoms with Crippen molar-refractivity contribution in [3.63, 3.8) is 0 Å². The fourth-order valence-electron chi connectivity index (χ4n) is 2.30. The largest absolute Gasteiger partial charge is 0.454 e. The summed E-state index contributed by atoms with van der Waals surface area (Å²) in [4.78, 5) is 8.42. The summed E-state index contributed by atoms with van der Waals surface area (Å²) >= 11 is 0. The molecule has 0 bridgehead atoms. The van der Waals surface area contributed by atoms with Crippen LogP contribution >= 0.6 is 0 Å². The third-order valence-corrected chi connectivity index (χ3v) is 3.17. The van der Waals surface area contributed by atoms with Gasteiger partial charge in [-0.25, -0.2) is 0 Å². The minimum absolute atomic E-state index is 0.723. The van der Waals surface area contributed by atoms with E-state index in [4.69, 9.17) is 4.42 Å². The summed E-state index contributed by atoms with van der Waals surface area (Å²) < 4.78 is 5.96. The van der Waals surface area contributed by atoms with Gasteiger partial charge < -0.3 is 4.42 Å². The highest BCUT2D eigenvalue weighted by atomic mass is 16.3. The molecule has 0 radical (unpaired) electrons. The summed E-state index contributed by atoms with van der Waals surface area (Å²) in [6.45, 7) is 3.86. The maximum atomic E-state index is 5.96. The normalized spacial score (nSPS) is 11.2. The van der Waals surface area contributed by atoms with Gasteiger partial charge in [-0.1, -0.05) is 30.9 Å². The summed E-state index contributed by atoms with van der Waals surface area (Å²) in [6, 6.07) is 11.9. The van der Waals surface area contributed by atoms with Gasteiger partial charge in [-0.2, -0.15) is 0 Å². The zero-order valence-electron chi connectivity index (χ0n) is 11.2. The van der Waals surface area contributed by atoms with Crippen LogP contribution in [0.25, 0.3) is 28.3 Å². The van der Waals surface area contributed by atoms with Crippen molar-refractivity contribution in [2.45, 2.75) is 0 Å². The average molecular weight is 262 g/mol. The summed E-state index contributed by atoms with van der Waals surface area (Å²) in [5.41, 5.74) is 3.64. The highest BCUT2D eigenvalue weighted by Crippen LogP contribution is 2.33. The fraction of sp³-hybridized carbons (Fsp3) is 0.0588. The van der Waals surface area contributed by atoms with Crippen LogP contribution in [0.1, 0.15) is 11.3 Å². The molecule has 3 nitrogen and oxygen atoms in total. The van der Waals surface area contributed by atoms with Crippen LogP contribution < -0.4 is 0 Å². The van der Waals surface area contributed by atoms with Crippen molar-refractivity contribution in [2.24, 2.45) is 4.99 Å². The Morgan fingerprint density at radius 1 is 1.20 bits per heavy atom. The van der Waals surface area contributed by atoms with E-state index in [2.05, 4.69) is 16.6 Å².